The summed E-state index contributed by atoms with van der Waals surface area (Å²) in [7, 11) is 0. The fraction of sp³-hybridized carbons (Fsp3) is 0. The second kappa shape index (κ2) is 9.23. The first kappa shape index (κ1) is 23.5. The Balaban J connectivity index is -0.0000000457. The number of rotatable bonds is 0. The molecule has 64 valence electrons. The molecule has 0 atom stereocenters. The Morgan fingerprint density at radius 2 is 0.667 bits per heavy atom. The first-order chi connectivity index (χ1) is 4.00. The second-order valence-corrected chi connectivity index (χ2v) is 3.37. The van der Waals surface area contributed by atoms with Crippen LogP contribution < -0.4 is 16.6 Å². The van der Waals surface area contributed by atoms with Gasteiger partial charge in [-0.15, -0.1) is 0 Å². The summed E-state index contributed by atoms with van der Waals surface area (Å²) in [6, 6.07) is 0. The van der Waals surface area contributed by atoms with Crippen LogP contribution in [0.1, 0.15) is 0 Å². The van der Waals surface area contributed by atoms with E-state index >= 15 is 0 Å². The van der Waals surface area contributed by atoms with Crippen LogP contribution in [0, 0.1) is 0 Å². The van der Waals surface area contributed by atoms with Crippen LogP contribution in [0.3, 0.4) is 0 Å². The van der Waals surface area contributed by atoms with Crippen molar-refractivity contribution in [2.45, 2.75) is 0 Å². The minimum absolute atomic E-state index is 0. The molecule has 0 fully saturated rings. The van der Waals surface area contributed by atoms with Crippen LogP contribution in [0.15, 0.2) is 0 Å². The van der Waals surface area contributed by atoms with E-state index in [1.54, 1.807) is 0 Å². The van der Waals surface area contributed by atoms with Crippen molar-refractivity contribution < 1.29 is 106 Å². The molecular weight excluding hydrogens is 498 g/mol. The average Bonchev–Trinajstić information content (AvgIpc) is 1.12. The molecule has 0 aromatic carbocycles. The van der Waals surface area contributed by atoms with Crippen LogP contribution in [-0.4, -0.2) is 0 Å². The minimum Gasteiger partial charge on any atom is 2.00 e. The van der Waals surface area contributed by atoms with Crippen LogP contribution in [0.4, 0.5) is 0 Å². The summed E-state index contributed by atoms with van der Waals surface area (Å²) >= 11 is -11.5. The van der Waals surface area contributed by atoms with Gasteiger partial charge >= 0.3 is 106 Å². The van der Waals surface area contributed by atoms with Crippen LogP contribution in [0.2, 0.25) is 0 Å². The Morgan fingerprint density at radius 3 is 0.667 bits per heavy atom. The van der Waals surface area contributed by atoms with Crippen molar-refractivity contribution in [3.63, 3.8) is 0 Å². The fourth-order valence-corrected chi connectivity index (χ4v) is 0. The average molecular weight is 498 g/mol. The van der Waals surface area contributed by atoms with Crippen molar-refractivity contribution in [1.29, 1.82) is 0 Å². The quantitative estimate of drug-likeness (QED) is 0.300. The molecule has 0 aliphatic rings. The largest absolute Gasteiger partial charge is 2.00 e. The molecule has 0 aliphatic heterocycles. The summed E-state index contributed by atoms with van der Waals surface area (Å²) in [6.45, 7) is 0. The maximum Gasteiger partial charge on any atom is 2.00 e. The zero-order valence-electron chi connectivity index (χ0n) is 5.50. The van der Waals surface area contributed by atoms with Gasteiger partial charge < -0.3 is 0 Å². The second-order valence-electron chi connectivity index (χ2n) is 0.816. The van der Waals surface area contributed by atoms with E-state index in [9.17, 15) is 0 Å². The van der Waals surface area contributed by atoms with E-state index < -0.39 is 27.2 Å². The third-order valence-corrected chi connectivity index (χ3v) is 0. The smallest absolute Gasteiger partial charge is 2.00 e. The molecule has 0 saturated carbocycles. The molecule has 0 radical (unpaired) electrons. The molecule has 0 amide bonds. The van der Waals surface area contributed by atoms with Crippen LogP contribution in [0.25, 0.3) is 0 Å². The molecule has 0 aromatic rings. The monoisotopic (exact) mass is 498 g/mol. The van der Waals surface area contributed by atoms with E-state index in [0.29, 0.717) is 0 Å². The molecular formula is Cr2HgO8Zn. The molecule has 0 heterocycles. The van der Waals surface area contributed by atoms with Crippen molar-refractivity contribution in [3.8, 4) is 0 Å². The van der Waals surface area contributed by atoms with Gasteiger partial charge in [0.25, 0.3) is 0 Å². The zero-order valence-corrected chi connectivity index (χ0v) is 16.5. The van der Waals surface area contributed by atoms with Gasteiger partial charge in [-0.1, -0.05) is 0 Å². The van der Waals surface area contributed by atoms with E-state index in [-0.39, 0.29) is 47.1 Å². The Morgan fingerprint density at radius 1 is 0.667 bits per heavy atom. The van der Waals surface area contributed by atoms with E-state index in [2.05, 4.69) is 0 Å². The van der Waals surface area contributed by atoms with Crippen LogP contribution >= 0.6 is 0 Å². The van der Waals surface area contributed by atoms with E-state index in [1.165, 1.54) is 0 Å². The Hall–Kier alpha value is 1.66. The number of hydrogen-bond donors (Lipinski definition) is 0. The molecule has 0 N–H and O–H groups in total. The normalized spacial score (nSPS) is 9.67. The third kappa shape index (κ3) is 479. The van der Waals surface area contributed by atoms with Gasteiger partial charge in [-0.25, -0.2) is 0 Å². The van der Waals surface area contributed by atoms with E-state index in [4.69, 9.17) is 31.8 Å². The van der Waals surface area contributed by atoms with Crippen LogP contribution in [0.5, 0.6) is 0 Å². The first-order valence-corrected chi connectivity index (χ1v) is 5.50. The molecule has 12 heteroatoms. The summed E-state index contributed by atoms with van der Waals surface area (Å²) in [6.07, 6.45) is 0. The summed E-state index contributed by atoms with van der Waals surface area (Å²) in [5.41, 5.74) is 0. The van der Waals surface area contributed by atoms with Gasteiger partial charge in [0.1, 0.15) is 0 Å². The molecule has 0 aromatic heterocycles. The molecule has 0 bridgehead atoms. The fourth-order valence-electron chi connectivity index (χ4n) is 0. The van der Waals surface area contributed by atoms with Crippen molar-refractivity contribution in [2.75, 3.05) is 0 Å². The Kier molecular flexibility index (Phi) is 18.0. The Bertz CT molecular complexity index is 213. The molecule has 12 heavy (non-hydrogen) atoms. The summed E-state index contributed by atoms with van der Waals surface area (Å²) in [5, 5.41) is 0. The summed E-state index contributed by atoms with van der Waals surface area (Å²) in [4.78, 5) is 0. The Labute approximate surface area is 105 Å². The summed E-state index contributed by atoms with van der Waals surface area (Å²) in [5.74, 6) is 0. The van der Waals surface area contributed by atoms with E-state index in [0.717, 1.165) is 0 Å². The van der Waals surface area contributed by atoms with Crippen molar-refractivity contribution in [1.82, 2.24) is 0 Å². The molecule has 0 aliphatic carbocycles. The van der Waals surface area contributed by atoms with Gasteiger partial charge in [-0.2, -0.15) is 0 Å². The standard InChI is InChI=1S/2Cr.Hg.8O.Zn/q;;+2;;;;;4*-1;+2. The predicted octanol–water partition coefficient (Wildman–Crippen LogP) is -5.24. The molecule has 0 saturated heterocycles. The minimum atomic E-state index is -5.75. The van der Waals surface area contributed by atoms with Crippen molar-refractivity contribution in [2.24, 2.45) is 0 Å². The van der Waals surface area contributed by atoms with Gasteiger partial charge in [0.15, 0.2) is 0 Å². The topological polar surface area (TPSA) is 161 Å². The van der Waals surface area contributed by atoms with Gasteiger partial charge in [0.2, 0.25) is 0 Å². The van der Waals surface area contributed by atoms with Gasteiger partial charge in [-0.3, -0.25) is 0 Å². The number of hydrogen-bond acceptors (Lipinski definition) is 8. The third-order valence-electron chi connectivity index (χ3n) is 0. The van der Waals surface area contributed by atoms with Gasteiger partial charge in [0, 0.05) is 0 Å². The molecule has 0 rings (SSSR count). The first-order valence-electron chi connectivity index (χ1n) is 1.33. The molecule has 0 spiro atoms. The van der Waals surface area contributed by atoms with Crippen LogP contribution in [-0.2, 0) is 89.6 Å². The zero-order chi connectivity index (χ0) is 9.00. The van der Waals surface area contributed by atoms with Crippen molar-refractivity contribution >= 4 is 0 Å². The SMILES string of the molecule is [Hg+2].[O]=[Cr](=[O])([O-])[O-].[O]=[Cr](=[O])([O-])[O-].[Zn+2]. The molecule has 0 unspecified atom stereocenters. The predicted molar refractivity (Wildman–Crippen MR) is 2.75 cm³/mol. The van der Waals surface area contributed by atoms with Gasteiger partial charge in [0.05, 0.1) is 0 Å². The maximum absolute atomic E-state index is 8.59. The summed E-state index contributed by atoms with van der Waals surface area (Å²) < 4.78 is 68.8. The van der Waals surface area contributed by atoms with Crippen molar-refractivity contribution in [3.05, 3.63) is 0 Å². The molecule has 8 nitrogen and oxygen atoms in total. The maximum atomic E-state index is 8.59. The van der Waals surface area contributed by atoms with E-state index in [1.807, 2.05) is 0 Å². The van der Waals surface area contributed by atoms with Gasteiger partial charge in [-0.05, 0) is 0 Å².